The molecule has 0 fully saturated rings. The number of unbranched alkanes of at least 4 members (excludes halogenated alkanes) is 2. The Morgan fingerprint density at radius 1 is 0.837 bits per heavy atom. The van der Waals surface area contributed by atoms with Gasteiger partial charge in [-0.05, 0) is 102 Å². The van der Waals surface area contributed by atoms with Gasteiger partial charge in [0.05, 0.1) is 0 Å². The van der Waals surface area contributed by atoms with E-state index in [-0.39, 0.29) is 17.6 Å². The molecule has 7 heteroatoms. The molecule has 0 heterocycles. The number of aromatic hydroxyl groups is 1. The van der Waals surface area contributed by atoms with Gasteiger partial charge < -0.3 is 21.1 Å². The molecule has 4 rings (SSSR count). The van der Waals surface area contributed by atoms with Crippen molar-refractivity contribution in [3.8, 4) is 16.9 Å². The Labute approximate surface area is 262 Å². The molecule has 0 bridgehead atoms. The fourth-order valence-electron chi connectivity index (χ4n) is 4.70. The molecule has 2 amide bonds. The van der Waals surface area contributed by atoms with Gasteiger partial charge in [-0.25, -0.2) is 0 Å². The Hall–Kier alpha value is -4.20. The first-order valence-corrected chi connectivity index (χ1v) is 15.4. The van der Waals surface area contributed by atoms with Gasteiger partial charge in [-0.1, -0.05) is 76.9 Å². The zero-order valence-corrected chi connectivity index (χ0v) is 25.8. The maximum absolute atomic E-state index is 13.4. The van der Waals surface area contributed by atoms with Gasteiger partial charge in [0.1, 0.15) is 5.75 Å². The van der Waals surface area contributed by atoms with Crippen LogP contribution in [0, 0.1) is 0 Å². The molecule has 0 saturated heterocycles. The van der Waals surface area contributed by atoms with Crippen LogP contribution < -0.4 is 11.1 Å². The van der Waals surface area contributed by atoms with E-state index in [9.17, 15) is 14.7 Å². The average molecular weight is 641 g/mol. The van der Waals surface area contributed by atoms with Crippen molar-refractivity contribution >= 4 is 33.8 Å². The molecule has 4 aromatic carbocycles. The van der Waals surface area contributed by atoms with Crippen LogP contribution in [0.25, 0.3) is 17.2 Å². The minimum absolute atomic E-state index is 0.0859. The minimum Gasteiger partial charge on any atom is -0.508 e. The lowest BCUT2D eigenvalue weighted by molar-refractivity contribution is -0.126. The summed E-state index contributed by atoms with van der Waals surface area (Å²) in [5.74, 6) is 0.0431. The van der Waals surface area contributed by atoms with Gasteiger partial charge in [0.15, 0.2) is 0 Å². The van der Waals surface area contributed by atoms with Crippen LogP contribution in [0.15, 0.2) is 108 Å². The van der Waals surface area contributed by atoms with Gasteiger partial charge in [0.2, 0.25) is 5.91 Å². The maximum atomic E-state index is 13.4. The number of nitrogens with one attached hydrogen (secondary N) is 1. The molecule has 0 aromatic heterocycles. The summed E-state index contributed by atoms with van der Waals surface area (Å²) < 4.78 is 0.982. The van der Waals surface area contributed by atoms with E-state index in [1.165, 1.54) is 0 Å². The summed E-state index contributed by atoms with van der Waals surface area (Å²) in [7, 11) is 0. The Morgan fingerprint density at radius 3 is 2.30 bits per heavy atom. The summed E-state index contributed by atoms with van der Waals surface area (Å²) >= 11 is 3.45. The van der Waals surface area contributed by atoms with Crippen molar-refractivity contribution in [1.29, 1.82) is 0 Å². The van der Waals surface area contributed by atoms with Gasteiger partial charge in [0, 0.05) is 35.7 Å². The highest BCUT2D eigenvalue weighted by Crippen LogP contribution is 2.23. The lowest BCUT2D eigenvalue weighted by Crippen LogP contribution is -2.31. The molecule has 43 heavy (non-hydrogen) atoms. The second-order valence-electron chi connectivity index (χ2n) is 10.4. The van der Waals surface area contributed by atoms with Crippen LogP contribution >= 0.6 is 15.9 Å². The molecule has 0 aliphatic heterocycles. The Balaban J connectivity index is 1.49. The quantitative estimate of drug-likeness (QED) is 0.103. The molecular weight excluding hydrogens is 602 g/mol. The van der Waals surface area contributed by atoms with E-state index in [1.54, 1.807) is 18.2 Å². The van der Waals surface area contributed by atoms with Gasteiger partial charge >= 0.3 is 0 Å². The highest BCUT2D eigenvalue weighted by molar-refractivity contribution is 9.10. The number of carbonyl (C=O) groups excluding carboxylic acids is 2. The number of hydrogen-bond acceptors (Lipinski definition) is 4. The molecule has 222 valence electrons. The highest BCUT2D eigenvalue weighted by atomic mass is 79.9. The normalized spacial score (nSPS) is 11.0. The van der Waals surface area contributed by atoms with E-state index in [0.717, 1.165) is 51.6 Å². The number of carbonyl (C=O) groups is 2. The summed E-state index contributed by atoms with van der Waals surface area (Å²) in [5, 5.41) is 12.6. The first kappa shape index (κ1) is 31.7. The van der Waals surface area contributed by atoms with Crippen LogP contribution in [-0.4, -0.2) is 41.5 Å². The Kier molecular flexibility index (Phi) is 12.1. The topological polar surface area (TPSA) is 95.7 Å². The van der Waals surface area contributed by atoms with Crippen molar-refractivity contribution in [2.45, 2.75) is 32.2 Å². The zero-order valence-electron chi connectivity index (χ0n) is 24.2. The number of benzene rings is 4. The molecule has 4 N–H and O–H groups in total. The lowest BCUT2D eigenvalue weighted by atomic mass is 10.0. The van der Waals surface area contributed by atoms with E-state index in [1.807, 2.05) is 89.8 Å². The molecular formula is C36H38BrN3O3. The van der Waals surface area contributed by atoms with Crippen LogP contribution in [-0.2, 0) is 17.8 Å². The van der Waals surface area contributed by atoms with Crippen LogP contribution in [0.2, 0.25) is 0 Å². The van der Waals surface area contributed by atoms with Crippen LogP contribution in [0.4, 0.5) is 0 Å². The summed E-state index contributed by atoms with van der Waals surface area (Å²) in [6.45, 7) is 2.24. The molecule has 0 radical (unpaired) electrons. The second kappa shape index (κ2) is 16.4. The van der Waals surface area contributed by atoms with Gasteiger partial charge in [-0.2, -0.15) is 0 Å². The highest BCUT2D eigenvalue weighted by Gasteiger charge is 2.13. The molecule has 0 atom stereocenters. The number of nitrogens with two attached hydrogens (primary N) is 1. The number of phenols is 1. The van der Waals surface area contributed by atoms with Crippen molar-refractivity contribution < 1.29 is 14.7 Å². The first-order valence-electron chi connectivity index (χ1n) is 14.6. The van der Waals surface area contributed by atoms with Crippen molar-refractivity contribution in [2.24, 2.45) is 5.73 Å². The average Bonchev–Trinajstić information content (AvgIpc) is 3.03. The van der Waals surface area contributed by atoms with E-state index >= 15 is 0 Å². The Morgan fingerprint density at radius 2 is 1.56 bits per heavy atom. The molecule has 0 unspecified atom stereocenters. The predicted molar refractivity (Wildman–Crippen MR) is 178 cm³/mol. The maximum Gasteiger partial charge on any atom is 0.251 e. The van der Waals surface area contributed by atoms with Crippen LogP contribution in [0.3, 0.4) is 0 Å². The number of nitrogens with zero attached hydrogens (tertiary/aromatic N) is 1. The fraction of sp³-hybridized carbons (Fsp3) is 0.222. The predicted octanol–water partition coefficient (Wildman–Crippen LogP) is 6.97. The summed E-state index contributed by atoms with van der Waals surface area (Å²) in [6, 6.07) is 30.6. The zero-order chi connectivity index (χ0) is 30.4. The Bertz CT molecular complexity index is 1520. The minimum atomic E-state index is -0.0886. The van der Waals surface area contributed by atoms with Crippen molar-refractivity contribution in [3.05, 3.63) is 130 Å². The summed E-state index contributed by atoms with van der Waals surface area (Å²) in [4.78, 5) is 28.0. The SMILES string of the molecule is NCCCCCNC(=O)c1cccc(-c2cccc(CN(CCc3ccc(O)cc3)C(=O)/C=C/c3ccc(Br)cc3)c2)c1. The van der Waals surface area contributed by atoms with E-state index in [4.69, 9.17) is 5.73 Å². The van der Waals surface area contributed by atoms with Crippen LogP contribution in [0.5, 0.6) is 5.75 Å². The van der Waals surface area contributed by atoms with Crippen LogP contribution in [0.1, 0.15) is 46.3 Å². The van der Waals surface area contributed by atoms with Gasteiger partial charge in [-0.3, -0.25) is 9.59 Å². The number of rotatable bonds is 14. The summed E-state index contributed by atoms with van der Waals surface area (Å²) in [5.41, 5.74) is 11.1. The third-order valence-corrected chi connectivity index (χ3v) is 7.66. The van der Waals surface area contributed by atoms with E-state index in [2.05, 4.69) is 27.3 Å². The van der Waals surface area contributed by atoms with E-state index < -0.39 is 0 Å². The molecule has 0 aliphatic carbocycles. The smallest absolute Gasteiger partial charge is 0.251 e. The number of amides is 2. The van der Waals surface area contributed by atoms with Crippen molar-refractivity contribution in [1.82, 2.24) is 10.2 Å². The molecule has 4 aromatic rings. The van der Waals surface area contributed by atoms with E-state index in [0.29, 0.717) is 38.2 Å². The standard InChI is InChI=1S/C36H38BrN3O3/c37-33-15-10-27(11-16-33)14-19-35(42)40(23-20-28-12-17-34(41)18-13-28)26-29-6-4-7-30(24-29)31-8-5-9-32(25-31)36(43)39-22-3-1-2-21-38/h4-19,24-25,41H,1-3,20-23,26,38H2,(H,39,43)/b19-14+. The second-order valence-corrected chi connectivity index (χ2v) is 11.4. The largest absolute Gasteiger partial charge is 0.508 e. The summed E-state index contributed by atoms with van der Waals surface area (Å²) in [6.07, 6.45) is 6.96. The number of phenolic OH excluding ortho intramolecular Hbond substituents is 1. The molecule has 0 saturated carbocycles. The number of hydrogen-bond donors (Lipinski definition) is 3. The van der Waals surface area contributed by atoms with Gasteiger partial charge in [-0.15, -0.1) is 0 Å². The van der Waals surface area contributed by atoms with Gasteiger partial charge in [0.25, 0.3) is 5.91 Å². The van der Waals surface area contributed by atoms with Crippen molar-refractivity contribution in [3.63, 3.8) is 0 Å². The fourth-order valence-corrected chi connectivity index (χ4v) is 4.96. The van der Waals surface area contributed by atoms with Crippen molar-refractivity contribution in [2.75, 3.05) is 19.6 Å². The molecule has 6 nitrogen and oxygen atoms in total. The molecule has 0 aliphatic rings. The number of halogens is 1. The molecule has 0 spiro atoms. The third kappa shape index (κ3) is 10.2. The first-order chi connectivity index (χ1) is 20.9. The lowest BCUT2D eigenvalue weighted by Gasteiger charge is -2.22. The third-order valence-electron chi connectivity index (χ3n) is 7.13. The monoisotopic (exact) mass is 639 g/mol.